The first kappa shape index (κ1) is 15.6. The van der Waals surface area contributed by atoms with Crippen LogP contribution in [0.3, 0.4) is 0 Å². The highest BCUT2D eigenvalue weighted by molar-refractivity contribution is 7.98. The number of thioether (sulfide) groups is 1. The van der Waals surface area contributed by atoms with Crippen molar-refractivity contribution in [3.8, 4) is 0 Å². The first-order chi connectivity index (χ1) is 7.17. The summed E-state index contributed by atoms with van der Waals surface area (Å²) >= 11 is 7.56. The van der Waals surface area contributed by atoms with Gasteiger partial charge in [-0.15, -0.1) is 24.2 Å². The molecule has 0 spiro atoms. The molecule has 0 aliphatic carbocycles. The zero-order chi connectivity index (χ0) is 11.3. The second-order valence-corrected chi connectivity index (χ2v) is 4.19. The van der Waals surface area contributed by atoms with Crippen LogP contribution < -0.4 is 11.1 Å². The lowest BCUT2D eigenvalue weighted by molar-refractivity contribution is -0.116. The highest BCUT2D eigenvalue weighted by Gasteiger charge is 2.03. The lowest BCUT2D eigenvalue weighted by atomic mass is 10.3. The Morgan fingerprint density at radius 3 is 2.75 bits per heavy atom. The molecule has 0 atom stereocenters. The summed E-state index contributed by atoms with van der Waals surface area (Å²) in [5.74, 6) is -0.0922. The summed E-state index contributed by atoms with van der Waals surface area (Å²) in [5, 5.41) is 3.37. The van der Waals surface area contributed by atoms with Gasteiger partial charge in [0.2, 0.25) is 5.91 Å². The van der Waals surface area contributed by atoms with Crippen molar-refractivity contribution in [2.45, 2.75) is 11.3 Å². The summed E-state index contributed by atoms with van der Waals surface area (Å²) in [6, 6.07) is 5.44. The van der Waals surface area contributed by atoms with Crippen LogP contribution in [0.15, 0.2) is 23.1 Å². The van der Waals surface area contributed by atoms with E-state index in [1.165, 1.54) is 0 Å². The maximum absolute atomic E-state index is 11.2. The van der Waals surface area contributed by atoms with Crippen molar-refractivity contribution in [3.05, 3.63) is 23.2 Å². The van der Waals surface area contributed by atoms with Crippen LogP contribution in [-0.4, -0.2) is 18.7 Å². The summed E-state index contributed by atoms with van der Waals surface area (Å²) in [4.78, 5) is 12.2. The number of carbonyl (C=O) groups excluding carboxylic acids is 1. The molecule has 0 aromatic heterocycles. The molecule has 3 N–H and O–H groups in total. The lowest BCUT2D eigenvalue weighted by Gasteiger charge is -2.06. The van der Waals surface area contributed by atoms with Crippen LogP contribution in [0.4, 0.5) is 5.69 Å². The standard InChI is InChI=1S/C10H13ClN2OS.ClH/c1-15-9-3-2-7(6-8(9)11)13-10(14)4-5-12;/h2-3,6H,4-5,12H2,1H3,(H,13,14);1H. The molecule has 0 saturated heterocycles. The van der Waals surface area contributed by atoms with Crippen LogP contribution in [0, 0.1) is 0 Å². The van der Waals surface area contributed by atoms with Crippen molar-refractivity contribution in [2.24, 2.45) is 5.73 Å². The summed E-state index contributed by atoms with van der Waals surface area (Å²) in [6.45, 7) is 0.350. The predicted molar refractivity (Wildman–Crippen MR) is 72.8 cm³/mol. The first-order valence-electron chi connectivity index (χ1n) is 4.51. The van der Waals surface area contributed by atoms with Crippen LogP contribution in [0.2, 0.25) is 5.02 Å². The average Bonchev–Trinajstić information content (AvgIpc) is 2.18. The number of nitrogens with one attached hydrogen (secondary N) is 1. The minimum atomic E-state index is -0.0922. The van der Waals surface area contributed by atoms with E-state index in [1.54, 1.807) is 17.8 Å². The molecule has 16 heavy (non-hydrogen) atoms. The van der Waals surface area contributed by atoms with Crippen LogP contribution in [0.5, 0.6) is 0 Å². The van der Waals surface area contributed by atoms with Gasteiger partial charge in [0, 0.05) is 23.5 Å². The van der Waals surface area contributed by atoms with E-state index in [4.69, 9.17) is 17.3 Å². The number of halogens is 2. The quantitative estimate of drug-likeness (QED) is 0.834. The highest BCUT2D eigenvalue weighted by Crippen LogP contribution is 2.27. The summed E-state index contributed by atoms with van der Waals surface area (Å²) in [7, 11) is 0. The molecule has 1 aromatic carbocycles. The van der Waals surface area contributed by atoms with Gasteiger partial charge in [-0.05, 0) is 24.5 Å². The van der Waals surface area contributed by atoms with Gasteiger partial charge in [0.05, 0.1) is 5.02 Å². The van der Waals surface area contributed by atoms with Gasteiger partial charge in [-0.25, -0.2) is 0 Å². The first-order valence-corrected chi connectivity index (χ1v) is 6.11. The maximum atomic E-state index is 11.2. The second kappa shape index (κ2) is 7.79. The van der Waals surface area contributed by atoms with E-state index in [2.05, 4.69) is 5.32 Å². The van der Waals surface area contributed by atoms with Gasteiger partial charge in [0.25, 0.3) is 0 Å². The normalized spacial score (nSPS) is 9.44. The Hall–Kier alpha value is -0.420. The molecule has 0 fully saturated rings. The van der Waals surface area contributed by atoms with Gasteiger partial charge in [-0.3, -0.25) is 4.79 Å². The molecule has 6 heteroatoms. The molecule has 1 amide bonds. The fourth-order valence-corrected chi connectivity index (χ4v) is 1.97. The van der Waals surface area contributed by atoms with Crippen LogP contribution >= 0.6 is 35.8 Å². The highest BCUT2D eigenvalue weighted by atomic mass is 35.5. The number of anilines is 1. The smallest absolute Gasteiger partial charge is 0.225 e. The van der Waals surface area contributed by atoms with E-state index < -0.39 is 0 Å². The fourth-order valence-electron chi connectivity index (χ4n) is 1.10. The van der Waals surface area contributed by atoms with E-state index >= 15 is 0 Å². The lowest BCUT2D eigenvalue weighted by Crippen LogP contribution is -2.16. The average molecular weight is 281 g/mol. The third-order valence-electron chi connectivity index (χ3n) is 1.81. The Labute approximate surface area is 111 Å². The third kappa shape index (κ3) is 4.61. The topological polar surface area (TPSA) is 55.1 Å². The van der Waals surface area contributed by atoms with E-state index in [0.29, 0.717) is 23.7 Å². The monoisotopic (exact) mass is 280 g/mol. The Balaban J connectivity index is 0.00000225. The largest absolute Gasteiger partial charge is 0.330 e. The molecule has 0 bridgehead atoms. The van der Waals surface area contributed by atoms with Gasteiger partial charge >= 0.3 is 0 Å². The number of amides is 1. The molecule has 0 unspecified atom stereocenters. The molecular formula is C10H14Cl2N2OS. The van der Waals surface area contributed by atoms with E-state index in [0.717, 1.165) is 4.90 Å². The number of nitrogens with two attached hydrogens (primary N) is 1. The van der Waals surface area contributed by atoms with Gasteiger partial charge in [-0.2, -0.15) is 0 Å². The summed E-state index contributed by atoms with van der Waals surface area (Å²) < 4.78 is 0. The van der Waals surface area contributed by atoms with Crippen molar-refractivity contribution in [1.82, 2.24) is 0 Å². The van der Waals surface area contributed by atoms with Gasteiger partial charge in [-0.1, -0.05) is 11.6 Å². The number of rotatable bonds is 4. The van der Waals surface area contributed by atoms with E-state index in [1.807, 2.05) is 18.4 Å². The number of hydrogen-bond acceptors (Lipinski definition) is 3. The van der Waals surface area contributed by atoms with E-state index in [9.17, 15) is 4.79 Å². The van der Waals surface area contributed by atoms with E-state index in [-0.39, 0.29) is 18.3 Å². The van der Waals surface area contributed by atoms with Gasteiger partial charge in [0.15, 0.2) is 0 Å². The van der Waals surface area contributed by atoms with Crippen molar-refractivity contribution in [1.29, 1.82) is 0 Å². The Bertz CT molecular complexity index is 361. The molecule has 1 rings (SSSR count). The molecule has 0 heterocycles. The number of benzene rings is 1. The molecule has 1 aromatic rings. The minimum Gasteiger partial charge on any atom is -0.330 e. The summed E-state index contributed by atoms with van der Waals surface area (Å²) in [5.41, 5.74) is 5.97. The fraction of sp³-hybridized carbons (Fsp3) is 0.300. The Morgan fingerprint density at radius 1 is 1.56 bits per heavy atom. The molecule has 0 aliphatic heterocycles. The van der Waals surface area contributed by atoms with Crippen molar-refractivity contribution in [2.75, 3.05) is 18.1 Å². The SMILES string of the molecule is CSc1ccc(NC(=O)CCN)cc1Cl.Cl. The molecule has 0 radical (unpaired) electrons. The Kier molecular flexibility index (Phi) is 7.58. The second-order valence-electron chi connectivity index (χ2n) is 2.94. The molecule has 90 valence electrons. The summed E-state index contributed by atoms with van der Waals surface area (Å²) in [6.07, 6.45) is 2.27. The number of hydrogen-bond donors (Lipinski definition) is 2. The van der Waals surface area contributed by atoms with Crippen LogP contribution in [0.1, 0.15) is 6.42 Å². The number of carbonyl (C=O) groups is 1. The Morgan fingerprint density at radius 2 is 2.25 bits per heavy atom. The molecular weight excluding hydrogens is 267 g/mol. The van der Waals surface area contributed by atoms with Crippen molar-refractivity contribution >= 4 is 47.4 Å². The zero-order valence-electron chi connectivity index (χ0n) is 8.83. The van der Waals surface area contributed by atoms with Crippen molar-refractivity contribution < 1.29 is 4.79 Å². The molecule has 0 saturated carbocycles. The third-order valence-corrected chi connectivity index (χ3v) is 3.03. The zero-order valence-corrected chi connectivity index (χ0v) is 11.2. The van der Waals surface area contributed by atoms with Gasteiger partial charge < -0.3 is 11.1 Å². The molecule has 0 aliphatic rings. The maximum Gasteiger partial charge on any atom is 0.225 e. The van der Waals surface area contributed by atoms with Crippen molar-refractivity contribution in [3.63, 3.8) is 0 Å². The van der Waals surface area contributed by atoms with Gasteiger partial charge in [0.1, 0.15) is 0 Å². The minimum absolute atomic E-state index is 0. The van der Waals surface area contributed by atoms with Crippen LogP contribution in [0.25, 0.3) is 0 Å². The molecule has 3 nitrogen and oxygen atoms in total. The van der Waals surface area contributed by atoms with Crippen LogP contribution in [-0.2, 0) is 4.79 Å². The predicted octanol–water partition coefficient (Wildman–Crippen LogP) is 2.77.